The molecular formula is C11H8N4OS. The van der Waals surface area contributed by atoms with Crippen LogP contribution in [0.4, 0.5) is 5.82 Å². The average Bonchev–Trinajstić information content (AvgIpc) is 2.76. The molecule has 0 atom stereocenters. The van der Waals surface area contributed by atoms with Gasteiger partial charge in [0, 0.05) is 11.1 Å². The Morgan fingerprint density at radius 1 is 1.47 bits per heavy atom. The van der Waals surface area contributed by atoms with E-state index >= 15 is 0 Å². The van der Waals surface area contributed by atoms with Gasteiger partial charge >= 0.3 is 0 Å². The quantitative estimate of drug-likeness (QED) is 0.875. The van der Waals surface area contributed by atoms with Crippen LogP contribution in [-0.4, -0.2) is 15.9 Å². The van der Waals surface area contributed by atoms with Crippen LogP contribution >= 0.6 is 11.3 Å². The zero-order valence-electron chi connectivity index (χ0n) is 8.97. The van der Waals surface area contributed by atoms with Crippen LogP contribution in [0.2, 0.25) is 0 Å². The molecule has 0 aromatic carbocycles. The molecule has 2 heterocycles. The molecule has 0 aliphatic rings. The maximum absolute atomic E-state index is 11.7. The second kappa shape index (κ2) is 4.72. The Balaban J connectivity index is 2.16. The van der Waals surface area contributed by atoms with E-state index in [2.05, 4.69) is 15.3 Å². The maximum Gasteiger partial charge on any atom is 0.285 e. The zero-order chi connectivity index (χ0) is 12.3. The number of hydrogen-bond acceptors (Lipinski definition) is 5. The Morgan fingerprint density at radius 3 is 2.94 bits per heavy atom. The van der Waals surface area contributed by atoms with Gasteiger partial charge in [0.25, 0.3) is 5.91 Å². The summed E-state index contributed by atoms with van der Waals surface area (Å²) in [4.78, 5) is 19.8. The van der Waals surface area contributed by atoms with Gasteiger partial charge in [0.15, 0.2) is 5.01 Å². The molecule has 0 spiro atoms. The molecule has 17 heavy (non-hydrogen) atoms. The summed E-state index contributed by atoms with van der Waals surface area (Å²) >= 11 is 1.27. The first-order valence-electron chi connectivity index (χ1n) is 4.79. The smallest absolute Gasteiger partial charge is 0.285 e. The highest BCUT2D eigenvalue weighted by molar-refractivity contribution is 7.11. The van der Waals surface area contributed by atoms with Crippen molar-refractivity contribution in [1.82, 2.24) is 9.97 Å². The predicted octanol–water partition coefficient (Wildman–Crippen LogP) is 1.97. The Labute approximate surface area is 102 Å². The molecule has 1 N–H and O–H groups in total. The van der Waals surface area contributed by atoms with E-state index in [1.807, 2.05) is 13.0 Å². The van der Waals surface area contributed by atoms with Crippen LogP contribution in [0.3, 0.4) is 0 Å². The second-order valence-corrected chi connectivity index (χ2v) is 4.13. The van der Waals surface area contributed by atoms with Gasteiger partial charge in [-0.1, -0.05) is 6.07 Å². The van der Waals surface area contributed by atoms with E-state index < -0.39 is 0 Å². The molecular weight excluding hydrogens is 236 g/mol. The van der Waals surface area contributed by atoms with E-state index in [4.69, 9.17) is 5.26 Å². The van der Waals surface area contributed by atoms with E-state index in [1.54, 1.807) is 23.6 Å². The number of nitriles is 1. The van der Waals surface area contributed by atoms with Gasteiger partial charge in [0.1, 0.15) is 17.6 Å². The van der Waals surface area contributed by atoms with Crippen LogP contribution in [0.1, 0.15) is 21.2 Å². The van der Waals surface area contributed by atoms with Gasteiger partial charge in [-0.15, -0.1) is 11.3 Å². The molecule has 2 aromatic heterocycles. The molecule has 0 saturated carbocycles. The lowest BCUT2D eigenvalue weighted by Gasteiger charge is -2.01. The molecule has 84 valence electrons. The van der Waals surface area contributed by atoms with E-state index in [9.17, 15) is 4.79 Å². The summed E-state index contributed by atoms with van der Waals surface area (Å²) in [6.45, 7) is 1.82. The van der Waals surface area contributed by atoms with Crippen molar-refractivity contribution in [3.05, 3.63) is 40.0 Å². The number of carbonyl (C=O) groups excluding carboxylic acids is 1. The molecule has 0 aliphatic carbocycles. The Morgan fingerprint density at radius 2 is 2.29 bits per heavy atom. The third-order valence-electron chi connectivity index (χ3n) is 1.92. The van der Waals surface area contributed by atoms with Crippen molar-refractivity contribution >= 4 is 23.1 Å². The number of pyridine rings is 1. The van der Waals surface area contributed by atoms with Gasteiger partial charge in [0.2, 0.25) is 0 Å². The fraction of sp³-hybridized carbons (Fsp3) is 0.0909. The number of amides is 1. The Bertz CT molecular complexity index is 600. The number of aromatic nitrogens is 2. The van der Waals surface area contributed by atoms with Crippen molar-refractivity contribution in [2.45, 2.75) is 6.92 Å². The summed E-state index contributed by atoms with van der Waals surface area (Å²) < 4.78 is 0. The van der Waals surface area contributed by atoms with Gasteiger partial charge in [0.05, 0.1) is 0 Å². The molecule has 0 saturated heterocycles. The number of carbonyl (C=O) groups is 1. The summed E-state index contributed by atoms with van der Waals surface area (Å²) in [7, 11) is 0. The summed E-state index contributed by atoms with van der Waals surface area (Å²) in [6.07, 6.45) is 0. The molecule has 0 aliphatic heterocycles. The number of thiazole rings is 1. The normalized spacial score (nSPS) is 9.65. The first-order valence-corrected chi connectivity index (χ1v) is 5.67. The van der Waals surface area contributed by atoms with Crippen LogP contribution in [0.15, 0.2) is 23.6 Å². The molecule has 2 rings (SSSR count). The number of aryl methyl sites for hydroxylation is 1. The molecule has 0 radical (unpaired) electrons. The van der Waals surface area contributed by atoms with Crippen LogP contribution in [0, 0.1) is 18.3 Å². The van der Waals surface area contributed by atoms with Gasteiger partial charge in [-0.2, -0.15) is 5.26 Å². The number of anilines is 1. The third-order valence-corrected chi connectivity index (χ3v) is 2.88. The Kier molecular flexibility index (Phi) is 3.12. The molecule has 2 aromatic rings. The van der Waals surface area contributed by atoms with E-state index in [0.717, 1.165) is 5.69 Å². The van der Waals surface area contributed by atoms with Crippen molar-refractivity contribution in [1.29, 1.82) is 5.26 Å². The summed E-state index contributed by atoms with van der Waals surface area (Å²) in [6, 6.07) is 6.77. The van der Waals surface area contributed by atoms with Gasteiger partial charge < -0.3 is 5.32 Å². The lowest BCUT2D eigenvalue weighted by atomic mass is 10.3. The molecule has 0 bridgehead atoms. The van der Waals surface area contributed by atoms with E-state index in [-0.39, 0.29) is 11.6 Å². The van der Waals surface area contributed by atoms with Crippen molar-refractivity contribution in [3.63, 3.8) is 0 Å². The lowest BCUT2D eigenvalue weighted by Crippen LogP contribution is -2.12. The first-order chi connectivity index (χ1) is 8.19. The highest BCUT2D eigenvalue weighted by atomic mass is 32.1. The summed E-state index contributed by atoms with van der Waals surface area (Å²) in [5.74, 6) is 0.0348. The van der Waals surface area contributed by atoms with Crippen molar-refractivity contribution < 1.29 is 4.79 Å². The number of rotatable bonds is 2. The number of nitrogens with zero attached hydrogens (tertiary/aromatic N) is 3. The summed E-state index contributed by atoms with van der Waals surface area (Å²) in [5, 5.41) is 13.5. The minimum atomic E-state index is -0.314. The monoisotopic (exact) mass is 244 g/mol. The fourth-order valence-electron chi connectivity index (χ4n) is 1.19. The van der Waals surface area contributed by atoms with Crippen molar-refractivity contribution in [3.8, 4) is 6.07 Å². The topological polar surface area (TPSA) is 78.7 Å². The first kappa shape index (κ1) is 11.2. The van der Waals surface area contributed by atoms with Crippen LogP contribution in [0.5, 0.6) is 0 Å². The van der Waals surface area contributed by atoms with Gasteiger partial charge in [-0.05, 0) is 19.1 Å². The highest BCUT2D eigenvalue weighted by Gasteiger charge is 2.10. The van der Waals surface area contributed by atoms with Gasteiger partial charge in [-0.3, -0.25) is 4.79 Å². The molecule has 6 heteroatoms. The largest absolute Gasteiger partial charge is 0.304 e. The zero-order valence-corrected chi connectivity index (χ0v) is 9.78. The molecule has 0 fully saturated rings. The predicted molar refractivity (Wildman–Crippen MR) is 63.8 cm³/mol. The van der Waals surface area contributed by atoms with Crippen molar-refractivity contribution in [2.75, 3.05) is 5.32 Å². The summed E-state index contributed by atoms with van der Waals surface area (Å²) in [5.41, 5.74) is 1.07. The molecule has 5 nitrogen and oxygen atoms in total. The second-order valence-electron chi connectivity index (χ2n) is 3.27. The van der Waals surface area contributed by atoms with Crippen molar-refractivity contribution in [2.24, 2.45) is 0 Å². The average molecular weight is 244 g/mol. The number of nitrogens with one attached hydrogen (secondary N) is 1. The Hall–Kier alpha value is -2.26. The lowest BCUT2D eigenvalue weighted by molar-refractivity contribution is 0.102. The third kappa shape index (κ3) is 2.65. The maximum atomic E-state index is 11.7. The van der Waals surface area contributed by atoms with Crippen LogP contribution in [0.25, 0.3) is 0 Å². The standard InChI is InChI=1S/C11H8N4OS/c1-7-6-17-11(13-7)10(16)15-9-4-2-3-8(5-12)14-9/h2-4,6H,1H3,(H,14,15,16). The SMILES string of the molecule is Cc1csc(C(=O)Nc2cccc(C#N)n2)n1. The molecule has 1 amide bonds. The molecule has 0 unspecified atom stereocenters. The van der Waals surface area contributed by atoms with Crippen LogP contribution < -0.4 is 5.32 Å². The number of hydrogen-bond donors (Lipinski definition) is 1. The minimum Gasteiger partial charge on any atom is -0.304 e. The van der Waals surface area contributed by atoms with E-state index in [0.29, 0.717) is 10.8 Å². The fourth-order valence-corrected chi connectivity index (χ4v) is 1.88. The van der Waals surface area contributed by atoms with Gasteiger partial charge in [-0.25, -0.2) is 9.97 Å². The minimum absolute atomic E-state index is 0.262. The highest BCUT2D eigenvalue weighted by Crippen LogP contribution is 2.11. The van der Waals surface area contributed by atoms with Crippen LogP contribution in [-0.2, 0) is 0 Å². The van der Waals surface area contributed by atoms with E-state index in [1.165, 1.54) is 11.3 Å².